The molecule has 5 saturated carbocycles. The van der Waals surface area contributed by atoms with E-state index in [1.807, 2.05) is 0 Å². The van der Waals surface area contributed by atoms with Crippen LogP contribution in [0.25, 0.3) is 0 Å². The first-order valence-corrected chi connectivity index (χ1v) is 11.3. The van der Waals surface area contributed by atoms with Gasteiger partial charge in [-0.25, -0.2) is 0 Å². The minimum Gasteiger partial charge on any atom is -0.392 e. The SMILES string of the molecule is CCN1CC23OC2CC(O)C24C5CC6C(OC)CC(O)(C5C6OC)C(CC32)[C@H]14. The molecule has 2 aliphatic heterocycles. The number of epoxide rings is 1. The first kappa shape index (κ1) is 17.4. The number of piperidine rings is 1. The van der Waals surface area contributed by atoms with E-state index >= 15 is 0 Å². The van der Waals surface area contributed by atoms with Gasteiger partial charge in [0.15, 0.2) is 0 Å². The molecule has 7 aliphatic rings. The lowest BCUT2D eigenvalue weighted by Gasteiger charge is -2.65. The van der Waals surface area contributed by atoms with Gasteiger partial charge < -0.3 is 24.4 Å². The van der Waals surface area contributed by atoms with E-state index in [2.05, 4.69) is 11.8 Å². The van der Waals surface area contributed by atoms with Gasteiger partial charge in [-0.15, -0.1) is 0 Å². The molecular weight excluding hydrogens is 358 g/mol. The van der Waals surface area contributed by atoms with Gasteiger partial charge in [0.1, 0.15) is 5.60 Å². The molecule has 6 nitrogen and oxygen atoms in total. The number of hydrogen-bond donors (Lipinski definition) is 2. The third kappa shape index (κ3) is 1.50. The van der Waals surface area contributed by atoms with Crippen LogP contribution in [-0.4, -0.2) is 84.1 Å². The second kappa shape index (κ2) is 4.97. The van der Waals surface area contributed by atoms with E-state index in [9.17, 15) is 10.2 Å². The predicted octanol–water partition coefficient (Wildman–Crippen LogP) is 0.646. The first-order valence-electron chi connectivity index (χ1n) is 11.3. The third-order valence-electron chi connectivity index (χ3n) is 10.9. The molecule has 156 valence electrons. The van der Waals surface area contributed by atoms with Crippen LogP contribution < -0.4 is 0 Å². The third-order valence-corrected chi connectivity index (χ3v) is 10.9. The second-order valence-corrected chi connectivity index (χ2v) is 10.9. The van der Waals surface area contributed by atoms with E-state index in [0.717, 1.165) is 32.4 Å². The molecule has 2 saturated heterocycles. The Labute approximate surface area is 166 Å². The number of likely N-dealkylation sites (tertiary alicyclic amines) is 1. The Bertz CT molecular complexity index is 734. The van der Waals surface area contributed by atoms with Gasteiger partial charge in [-0.1, -0.05) is 6.92 Å². The molecule has 7 fully saturated rings. The number of aliphatic hydroxyl groups excluding tert-OH is 1. The molecule has 5 aliphatic carbocycles. The maximum absolute atomic E-state index is 12.3. The van der Waals surface area contributed by atoms with Crippen molar-refractivity contribution in [3.05, 3.63) is 0 Å². The van der Waals surface area contributed by atoms with Crippen LogP contribution in [0.15, 0.2) is 0 Å². The average Bonchev–Trinajstić information content (AvgIpc) is 3.14. The van der Waals surface area contributed by atoms with Gasteiger partial charge in [0.05, 0.1) is 30.0 Å². The highest BCUT2D eigenvalue weighted by Gasteiger charge is 2.88. The molecule has 2 N–H and O–H groups in total. The molecular formula is C22H33NO5. The molecule has 13 atom stereocenters. The number of nitrogens with zero attached hydrogens (tertiary/aromatic N) is 1. The molecule has 6 heteroatoms. The summed E-state index contributed by atoms with van der Waals surface area (Å²) in [5.41, 5.74) is -0.997. The molecule has 0 radical (unpaired) electrons. The fourth-order valence-electron chi connectivity index (χ4n) is 10.3. The molecule has 0 amide bonds. The van der Waals surface area contributed by atoms with Crippen LogP contribution in [0.1, 0.15) is 32.6 Å². The molecule has 2 spiro atoms. The van der Waals surface area contributed by atoms with E-state index in [1.54, 1.807) is 14.2 Å². The van der Waals surface area contributed by atoms with Crippen LogP contribution in [0.3, 0.4) is 0 Å². The molecule has 0 aromatic heterocycles. The highest BCUT2D eigenvalue weighted by Crippen LogP contribution is 2.80. The van der Waals surface area contributed by atoms with Crippen molar-refractivity contribution in [3.8, 4) is 0 Å². The Morgan fingerprint density at radius 3 is 2.68 bits per heavy atom. The van der Waals surface area contributed by atoms with E-state index in [4.69, 9.17) is 14.2 Å². The van der Waals surface area contributed by atoms with Gasteiger partial charge in [-0.3, -0.25) is 4.90 Å². The summed E-state index contributed by atoms with van der Waals surface area (Å²) in [7, 11) is 3.58. The van der Waals surface area contributed by atoms with Gasteiger partial charge in [0, 0.05) is 68.7 Å². The average molecular weight is 392 g/mol. The first-order chi connectivity index (χ1) is 13.5. The lowest BCUT2D eigenvalue weighted by Crippen LogP contribution is -2.75. The molecule has 7 rings (SSSR count). The molecule has 12 unspecified atom stereocenters. The Hall–Kier alpha value is -0.240. The van der Waals surface area contributed by atoms with Crippen molar-refractivity contribution in [2.75, 3.05) is 27.3 Å². The van der Waals surface area contributed by atoms with Gasteiger partial charge in [0.2, 0.25) is 0 Å². The second-order valence-electron chi connectivity index (χ2n) is 10.9. The van der Waals surface area contributed by atoms with E-state index < -0.39 is 5.60 Å². The van der Waals surface area contributed by atoms with Crippen LogP contribution in [0.5, 0.6) is 0 Å². The summed E-state index contributed by atoms with van der Waals surface area (Å²) in [6.07, 6.45) is 3.41. The van der Waals surface area contributed by atoms with Crippen LogP contribution in [0.4, 0.5) is 0 Å². The highest BCUT2D eigenvalue weighted by molar-refractivity contribution is 5.37. The number of likely N-dealkylation sites (N-methyl/N-ethyl adjacent to an activating group) is 1. The molecule has 28 heavy (non-hydrogen) atoms. The monoisotopic (exact) mass is 391 g/mol. The zero-order valence-corrected chi connectivity index (χ0v) is 17.1. The number of hydrogen-bond acceptors (Lipinski definition) is 6. The summed E-state index contributed by atoms with van der Waals surface area (Å²) >= 11 is 0. The van der Waals surface area contributed by atoms with E-state index in [0.29, 0.717) is 18.3 Å². The van der Waals surface area contributed by atoms with Crippen LogP contribution in [0.2, 0.25) is 0 Å². The predicted molar refractivity (Wildman–Crippen MR) is 99.5 cm³/mol. The summed E-state index contributed by atoms with van der Waals surface area (Å²) in [6, 6.07) is 0.256. The van der Waals surface area contributed by atoms with Crippen molar-refractivity contribution >= 4 is 0 Å². The van der Waals surface area contributed by atoms with Crippen molar-refractivity contribution in [3.63, 3.8) is 0 Å². The fourth-order valence-corrected chi connectivity index (χ4v) is 10.3. The lowest BCUT2D eigenvalue weighted by molar-refractivity contribution is -0.254. The maximum atomic E-state index is 12.3. The number of ether oxygens (including phenoxy) is 3. The van der Waals surface area contributed by atoms with Crippen molar-refractivity contribution in [2.24, 2.45) is 35.0 Å². The standard InChI is InChI=1S/C22H33NO5/c1-4-23-9-21-14-6-12-19(23)22(14,15(24)7-16(21)28-21)11-5-10-13(26-2)8-20(12,25)17(11)18(10)27-3/h10-19,24-25H,4-9H2,1-3H3/t10?,11?,12?,13?,14?,15?,16?,17?,18?,19-,20?,21?,22?/m0/s1. The largest absolute Gasteiger partial charge is 0.392 e. The maximum Gasteiger partial charge on any atom is 0.111 e. The van der Waals surface area contributed by atoms with Gasteiger partial charge in [0.25, 0.3) is 0 Å². The smallest absolute Gasteiger partial charge is 0.111 e. The number of methoxy groups -OCH3 is 2. The number of rotatable bonds is 3. The fraction of sp³-hybridized carbons (Fsp3) is 1.00. The van der Waals surface area contributed by atoms with Crippen molar-refractivity contribution < 1.29 is 24.4 Å². The van der Waals surface area contributed by atoms with Crippen LogP contribution >= 0.6 is 0 Å². The zero-order chi connectivity index (χ0) is 19.2. The Morgan fingerprint density at radius 2 is 1.96 bits per heavy atom. The van der Waals surface area contributed by atoms with E-state index in [-0.39, 0.29) is 59.2 Å². The minimum absolute atomic E-state index is 0.0308. The summed E-state index contributed by atoms with van der Waals surface area (Å²) in [4.78, 5) is 2.57. The quantitative estimate of drug-likeness (QED) is 0.688. The number of fused-ring (bicyclic) bond motifs is 2. The summed E-state index contributed by atoms with van der Waals surface area (Å²) in [6.45, 7) is 4.16. The Morgan fingerprint density at radius 1 is 1.14 bits per heavy atom. The van der Waals surface area contributed by atoms with E-state index in [1.165, 1.54) is 0 Å². The summed E-state index contributed by atoms with van der Waals surface area (Å²) in [5.74, 6) is 1.26. The van der Waals surface area contributed by atoms with Crippen LogP contribution in [-0.2, 0) is 14.2 Å². The van der Waals surface area contributed by atoms with Gasteiger partial charge >= 0.3 is 0 Å². The van der Waals surface area contributed by atoms with Gasteiger partial charge in [-0.2, -0.15) is 0 Å². The highest BCUT2D eigenvalue weighted by atomic mass is 16.6. The van der Waals surface area contributed by atoms with Crippen molar-refractivity contribution in [2.45, 2.75) is 74.3 Å². The summed E-state index contributed by atoms with van der Waals surface area (Å²) < 4.78 is 18.4. The van der Waals surface area contributed by atoms with Crippen LogP contribution in [0, 0.1) is 35.0 Å². The zero-order valence-electron chi connectivity index (χ0n) is 17.1. The molecule has 2 heterocycles. The molecule has 7 bridgehead atoms. The van der Waals surface area contributed by atoms with Crippen molar-refractivity contribution in [1.29, 1.82) is 0 Å². The normalized spacial score (nSPS) is 68.0. The molecule has 0 aromatic rings. The Kier molecular flexibility index (Phi) is 3.10. The topological polar surface area (TPSA) is 74.7 Å². The Balaban J connectivity index is 1.47. The summed E-state index contributed by atoms with van der Waals surface area (Å²) in [5, 5.41) is 24.0. The lowest BCUT2D eigenvalue weighted by atomic mass is 9.46. The van der Waals surface area contributed by atoms with Gasteiger partial charge in [-0.05, 0) is 25.3 Å². The number of aliphatic hydroxyl groups is 2. The molecule has 0 aromatic carbocycles. The minimum atomic E-state index is -0.769. The van der Waals surface area contributed by atoms with Crippen molar-refractivity contribution in [1.82, 2.24) is 4.90 Å².